The summed E-state index contributed by atoms with van der Waals surface area (Å²) >= 11 is 8.33. The van der Waals surface area contributed by atoms with Gasteiger partial charge in [-0.3, -0.25) is 4.90 Å². The quantitative estimate of drug-likeness (QED) is 0.815. The van der Waals surface area contributed by atoms with Crippen LogP contribution in [0, 0.1) is 0 Å². The number of nitrogens with one attached hydrogen (secondary N) is 1. The van der Waals surface area contributed by atoms with Gasteiger partial charge in [0.05, 0.1) is 0 Å². The zero-order chi connectivity index (χ0) is 16.1. The summed E-state index contributed by atoms with van der Waals surface area (Å²) in [4.78, 5) is 7.05. The van der Waals surface area contributed by atoms with Gasteiger partial charge in [-0.2, -0.15) is 0 Å². The summed E-state index contributed by atoms with van der Waals surface area (Å²) in [6.45, 7) is 4.50. The molecule has 0 spiro atoms. The number of hydrogen-bond donors (Lipinski definition) is 1. The summed E-state index contributed by atoms with van der Waals surface area (Å²) in [7, 11) is 0. The molecule has 0 radical (unpaired) electrons. The molecule has 4 aliphatic rings. The van der Waals surface area contributed by atoms with Gasteiger partial charge in [-0.05, 0) is 41.5 Å². The molecule has 0 bridgehead atoms. The molecule has 0 saturated carbocycles. The van der Waals surface area contributed by atoms with E-state index in [0.717, 1.165) is 31.3 Å². The third-order valence-electron chi connectivity index (χ3n) is 5.44. The van der Waals surface area contributed by atoms with Gasteiger partial charge >= 0.3 is 0 Å². The molecule has 0 amide bonds. The van der Waals surface area contributed by atoms with Crippen molar-refractivity contribution in [2.75, 3.05) is 31.1 Å². The van der Waals surface area contributed by atoms with Crippen molar-refractivity contribution < 1.29 is 0 Å². The van der Waals surface area contributed by atoms with Gasteiger partial charge in [0.2, 0.25) is 0 Å². The standard InChI is InChI=1S/C18H21ClN4S/c19-17-12-22-9-10-24-18(22)23(17)14-3-1-13-2-4-16(15(13)11-14)21-7-5-20-6-8-21/h1,3,9-12,16,18,20H,2,4-8H2. The third-order valence-corrected chi connectivity index (χ3v) is 6.70. The van der Waals surface area contributed by atoms with Crippen molar-refractivity contribution >= 4 is 29.1 Å². The van der Waals surface area contributed by atoms with E-state index in [2.05, 4.69) is 49.8 Å². The highest BCUT2D eigenvalue weighted by atomic mass is 35.5. The molecule has 4 nitrogen and oxygen atoms in total. The second kappa shape index (κ2) is 5.99. The van der Waals surface area contributed by atoms with Crippen LogP contribution >= 0.6 is 23.4 Å². The number of rotatable bonds is 2. The molecule has 1 fully saturated rings. The monoisotopic (exact) mass is 360 g/mol. The summed E-state index contributed by atoms with van der Waals surface area (Å²) in [5.74, 6) is 0. The van der Waals surface area contributed by atoms with Crippen LogP contribution in [0.5, 0.6) is 0 Å². The number of hydrogen-bond acceptors (Lipinski definition) is 5. The number of thioether (sulfide) groups is 1. The lowest BCUT2D eigenvalue weighted by molar-refractivity contribution is 0.173. The van der Waals surface area contributed by atoms with Crippen molar-refractivity contribution in [3.05, 3.63) is 52.3 Å². The number of anilines is 1. The number of piperazine rings is 1. The van der Waals surface area contributed by atoms with Gasteiger partial charge < -0.3 is 15.1 Å². The average Bonchev–Trinajstić information content (AvgIpc) is 3.29. The summed E-state index contributed by atoms with van der Waals surface area (Å²) in [6, 6.07) is 7.50. The fourth-order valence-corrected chi connectivity index (χ4v) is 5.59. The van der Waals surface area contributed by atoms with Crippen molar-refractivity contribution in [1.82, 2.24) is 15.1 Å². The molecule has 1 N–H and O–H groups in total. The molecular formula is C18H21ClN4S. The van der Waals surface area contributed by atoms with Gasteiger partial charge in [0.1, 0.15) is 5.16 Å². The molecule has 1 aromatic rings. The maximum Gasteiger partial charge on any atom is 0.163 e. The molecule has 2 unspecified atom stereocenters. The van der Waals surface area contributed by atoms with E-state index in [1.165, 1.54) is 29.7 Å². The van der Waals surface area contributed by atoms with E-state index >= 15 is 0 Å². The van der Waals surface area contributed by atoms with E-state index in [4.69, 9.17) is 11.6 Å². The Morgan fingerprint density at radius 1 is 1.21 bits per heavy atom. The Kier molecular flexibility index (Phi) is 3.78. The maximum absolute atomic E-state index is 6.53. The van der Waals surface area contributed by atoms with E-state index in [1.54, 1.807) is 11.8 Å². The number of fused-ring (bicyclic) bond motifs is 2. The summed E-state index contributed by atoms with van der Waals surface area (Å²) in [5.41, 5.74) is 4.46. The van der Waals surface area contributed by atoms with Gasteiger partial charge in [-0.1, -0.05) is 29.4 Å². The molecular weight excluding hydrogens is 340 g/mol. The van der Waals surface area contributed by atoms with Crippen LogP contribution in [0.1, 0.15) is 23.6 Å². The highest BCUT2D eigenvalue weighted by molar-refractivity contribution is 8.03. The minimum Gasteiger partial charge on any atom is -0.321 e. The molecule has 3 aliphatic heterocycles. The smallest absolute Gasteiger partial charge is 0.163 e. The van der Waals surface area contributed by atoms with Crippen LogP contribution in [0.2, 0.25) is 0 Å². The summed E-state index contributed by atoms with van der Waals surface area (Å²) < 4.78 is 0. The fourth-order valence-electron chi connectivity index (χ4n) is 4.25. The zero-order valence-corrected chi connectivity index (χ0v) is 15.1. The molecule has 6 heteroatoms. The van der Waals surface area contributed by atoms with E-state index in [1.807, 2.05) is 6.20 Å². The largest absolute Gasteiger partial charge is 0.321 e. The lowest BCUT2D eigenvalue weighted by atomic mass is 10.0. The van der Waals surface area contributed by atoms with Crippen molar-refractivity contribution in [2.24, 2.45) is 0 Å². The van der Waals surface area contributed by atoms with Gasteiger partial charge in [0.15, 0.2) is 5.50 Å². The molecule has 1 aromatic carbocycles. The number of benzene rings is 1. The number of aryl methyl sites for hydroxylation is 1. The normalized spacial score (nSPS) is 29.1. The Morgan fingerprint density at radius 3 is 2.96 bits per heavy atom. The molecule has 126 valence electrons. The third kappa shape index (κ3) is 2.37. The molecule has 1 saturated heterocycles. The van der Waals surface area contributed by atoms with Crippen molar-refractivity contribution in [2.45, 2.75) is 24.4 Å². The van der Waals surface area contributed by atoms with Crippen LogP contribution in [0.3, 0.4) is 0 Å². The van der Waals surface area contributed by atoms with E-state index in [9.17, 15) is 0 Å². The first-order chi connectivity index (χ1) is 11.8. The first-order valence-electron chi connectivity index (χ1n) is 8.65. The predicted octanol–water partition coefficient (Wildman–Crippen LogP) is 3.24. The Hall–Kier alpha value is -1.14. The SMILES string of the molecule is ClC1=CN2C=CSC2N1c1ccc2c(c1)C(N1CCNCC1)CC2. The number of halogens is 1. The molecule has 3 heterocycles. The second-order valence-electron chi connectivity index (χ2n) is 6.74. The lowest BCUT2D eigenvalue weighted by Crippen LogP contribution is -2.44. The van der Waals surface area contributed by atoms with E-state index < -0.39 is 0 Å². The fraction of sp³-hybridized carbons (Fsp3) is 0.444. The van der Waals surface area contributed by atoms with Crippen molar-refractivity contribution in [3.8, 4) is 0 Å². The van der Waals surface area contributed by atoms with Crippen molar-refractivity contribution in [3.63, 3.8) is 0 Å². The minimum atomic E-state index is 0.231. The topological polar surface area (TPSA) is 21.8 Å². The Labute approximate surface area is 152 Å². The first kappa shape index (κ1) is 15.1. The van der Waals surface area contributed by atoms with Gasteiger partial charge in [-0.15, -0.1) is 0 Å². The highest BCUT2D eigenvalue weighted by Crippen LogP contribution is 2.44. The van der Waals surface area contributed by atoms with E-state index in [-0.39, 0.29) is 5.50 Å². The molecule has 24 heavy (non-hydrogen) atoms. The van der Waals surface area contributed by atoms with Crippen LogP contribution in [0.4, 0.5) is 5.69 Å². The van der Waals surface area contributed by atoms with Crippen LogP contribution < -0.4 is 10.2 Å². The lowest BCUT2D eigenvalue weighted by Gasteiger charge is -2.34. The Bertz CT molecular complexity index is 713. The van der Waals surface area contributed by atoms with Crippen LogP contribution in [0.25, 0.3) is 0 Å². The highest BCUT2D eigenvalue weighted by Gasteiger charge is 2.35. The van der Waals surface area contributed by atoms with Gasteiger partial charge in [0.25, 0.3) is 0 Å². The molecule has 0 aromatic heterocycles. The average molecular weight is 361 g/mol. The molecule has 1 aliphatic carbocycles. The minimum absolute atomic E-state index is 0.231. The molecule has 5 rings (SSSR count). The summed E-state index contributed by atoms with van der Waals surface area (Å²) in [5, 5.41) is 6.39. The summed E-state index contributed by atoms with van der Waals surface area (Å²) in [6.07, 6.45) is 6.55. The van der Waals surface area contributed by atoms with Crippen LogP contribution in [-0.2, 0) is 6.42 Å². The molecule has 2 atom stereocenters. The van der Waals surface area contributed by atoms with Crippen molar-refractivity contribution in [1.29, 1.82) is 0 Å². The van der Waals surface area contributed by atoms with Gasteiger partial charge in [0, 0.05) is 50.3 Å². The Balaban J connectivity index is 1.46. The zero-order valence-electron chi connectivity index (χ0n) is 13.5. The van der Waals surface area contributed by atoms with Gasteiger partial charge in [-0.25, -0.2) is 0 Å². The Morgan fingerprint density at radius 2 is 2.08 bits per heavy atom. The predicted molar refractivity (Wildman–Crippen MR) is 101 cm³/mol. The second-order valence-corrected chi connectivity index (χ2v) is 8.09. The van der Waals surface area contributed by atoms with Crippen LogP contribution in [0.15, 0.2) is 41.2 Å². The number of nitrogens with zero attached hydrogens (tertiary/aromatic N) is 3. The first-order valence-corrected chi connectivity index (χ1v) is 9.97. The maximum atomic E-state index is 6.53. The van der Waals surface area contributed by atoms with Crippen LogP contribution in [-0.4, -0.2) is 41.5 Å². The van der Waals surface area contributed by atoms with E-state index in [0.29, 0.717) is 6.04 Å².